The van der Waals surface area contributed by atoms with Gasteiger partial charge in [0, 0.05) is 39.0 Å². The standard InChI is InChI=1S/C18H21N7O3/c1-28-9-8-25-12-20-15-10-13(2-3-14(15)17(25)26)23-4-6-24(7-5-23)18(27)16-19-11-21-22-16/h2-3,10-12H,4-9H2,1H3,(H,19,21,22). The van der Waals surface area contributed by atoms with Crippen LogP contribution in [-0.4, -0.2) is 75.4 Å². The van der Waals surface area contributed by atoms with Crippen LogP contribution in [0, 0.1) is 0 Å². The van der Waals surface area contributed by atoms with E-state index in [1.807, 2.05) is 18.2 Å². The van der Waals surface area contributed by atoms with Crippen LogP contribution in [0.2, 0.25) is 0 Å². The van der Waals surface area contributed by atoms with E-state index in [2.05, 4.69) is 25.1 Å². The maximum Gasteiger partial charge on any atom is 0.291 e. The molecule has 0 aliphatic carbocycles. The van der Waals surface area contributed by atoms with E-state index in [0.717, 1.165) is 5.69 Å². The molecule has 1 aliphatic heterocycles. The predicted octanol–water partition coefficient (Wildman–Crippen LogP) is 0.123. The van der Waals surface area contributed by atoms with Crippen LogP contribution in [0.25, 0.3) is 10.9 Å². The normalized spacial score (nSPS) is 14.6. The van der Waals surface area contributed by atoms with Gasteiger partial charge in [-0.05, 0) is 18.2 Å². The first-order chi connectivity index (χ1) is 13.7. The van der Waals surface area contributed by atoms with Crippen molar-refractivity contribution in [2.24, 2.45) is 0 Å². The summed E-state index contributed by atoms with van der Waals surface area (Å²) in [7, 11) is 1.60. The molecule has 1 N–H and O–H groups in total. The van der Waals surface area contributed by atoms with Crippen molar-refractivity contribution in [1.29, 1.82) is 0 Å². The number of carbonyl (C=O) groups excluding carboxylic acids is 1. The number of amides is 1. The molecule has 4 rings (SSSR count). The van der Waals surface area contributed by atoms with Crippen molar-refractivity contribution in [3.63, 3.8) is 0 Å². The third kappa shape index (κ3) is 3.46. The number of rotatable bonds is 5. The predicted molar refractivity (Wildman–Crippen MR) is 102 cm³/mol. The molecule has 3 aromatic rings. The molecule has 2 aromatic heterocycles. The highest BCUT2D eigenvalue weighted by Crippen LogP contribution is 2.20. The fourth-order valence-electron chi connectivity index (χ4n) is 3.32. The molecule has 1 amide bonds. The lowest BCUT2D eigenvalue weighted by Crippen LogP contribution is -2.49. The van der Waals surface area contributed by atoms with Gasteiger partial charge in [-0.25, -0.2) is 9.97 Å². The number of anilines is 1. The Hall–Kier alpha value is -3.27. The van der Waals surface area contributed by atoms with Crippen molar-refractivity contribution in [3.05, 3.63) is 47.0 Å². The van der Waals surface area contributed by atoms with E-state index in [1.165, 1.54) is 6.33 Å². The molecule has 0 unspecified atom stereocenters. The molecule has 0 radical (unpaired) electrons. The van der Waals surface area contributed by atoms with E-state index >= 15 is 0 Å². The number of H-pyrrole nitrogens is 1. The van der Waals surface area contributed by atoms with Gasteiger partial charge >= 0.3 is 0 Å². The molecule has 146 valence electrons. The van der Waals surface area contributed by atoms with Crippen molar-refractivity contribution in [3.8, 4) is 0 Å². The van der Waals surface area contributed by atoms with Crippen LogP contribution in [0.1, 0.15) is 10.6 Å². The van der Waals surface area contributed by atoms with Crippen LogP contribution >= 0.6 is 0 Å². The van der Waals surface area contributed by atoms with E-state index in [-0.39, 0.29) is 17.3 Å². The Bertz CT molecular complexity index is 1020. The third-order valence-electron chi connectivity index (χ3n) is 4.89. The lowest BCUT2D eigenvalue weighted by molar-refractivity contribution is 0.0735. The SMILES string of the molecule is COCCn1cnc2cc(N3CCN(C(=O)c4ncn[nH]4)CC3)ccc2c1=O. The number of hydrogen-bond donors (Lipinski definition) is 1. The van der Waals surface area contributed by atoms with Crippen molar-refractivity contribution >= 4 is 22.5 Å². The largest absolute Gasteiger partial charge is 0.383 e. The summed E-state index contributed by atoms with van der Waals surface area (Å²) in [6.07, 6.45) is 2.89. The van der Waals surface area contributed by atoms with Gasteiger partial charge in [0.25, 0.3) is 11.5 Å². The molecule has 10 nitrogen and oxygen atoms in total. The Kier molecular flexibility index (Phi) is 5.02. The molecule has 1 saturated heterocycles. The van der Waals surface area contributed by atoms with Crippen molar-refractivity contribution < 1.29 is 9.53 Å². The number of nitrogens with zero attached hydrogens (tertiary/aromatic N) is 6. The first-order valence-corrected chi connectivity index (χ1v) is 9.05. The highest BCUT2D eigenvalue weighted by Gasteiger charge is 2.24. The number of aromatic amines is 1. The summed E-state index contributed by atoms with van der Waals surface area (Å²) < 4.78 is 6.58. The van der Waals surface area contributed by atoms with Crippen LogP contribution in [0.4, 0.5) is 5.69 Å². The first-order valence-electron chi connectivity index (χ1n) is 9.05. The second-order valence-corrected chi connectivity index (χ2v) is 6.55. The molecule has 0 atom stereocenters. The molecule has 0 saturated carbocycles. The van der Waals surface area contributed by atoms with Crippen molar-refractivity contribution in [2.75, 3.05) is 44.8 Å². The van der Waals surface area contributed by atoms with Crippen LogP contribution in [0.15, 0.2) is 35.6 Å². The smallest absolute Gasteiger partial charge is 0.291 e. The third-order valence-corrected chi connectivity index (χ3v) is 4.89. The number of aromatic nitrogens is 5. The van der Waals surface area contributed by atoms with Gasteiger partial charge in [0.05, 0.1) is 30.4 Å². The summed E-state index contributed by atoms with van der Waals surface area (Å²) >= 11 is 0. The number of methoxy groups -OCH3 is 1. The summed E-state index contributed by atoms with van der Waals surface area (Å²) in [5.41, 5.74) is 1.58. The molecule has 28 heavy (non-hydrogen) atoms. The van der Waals surface area contributed by atoms with Gasteiger partial charge in [-0.15, -0.1) is 0 Å². The minimum absolute atomic E-state index is 0.0731. The fraction of sp³-hybridized carbons (Fsp3) is 0.389. The zero-order valence-electron chi connectivity index (χ0n) is 15.5. The van der Waals surface area contributed by atoms with Crippen LogP contribution < -0.4 is 10.5 Å². The maximum atomic E-state index is 12.5. The average molecular weight is 383 g/mol. The molecular formula is C18H21N7O3. The summed E-state index contributed by atoms with van der Waals surface area (Å²) in [6.45, 7) is 3.49. The van der Waals surface area contributed by atoms with Gasteiger partial charge < -0.3 is 14.5 Å². The van der Waals surface area contributed by atoms with Crippen molar-refractivity contribution in [1.82, 2.24) is 29.6 Å². The first kappa shape index (κ1) is 18.1. The Morgan fingerprint density at radius 1 is 1.21 bits per heavy atom. The number of fused-ring (bicyclic) bond motifs is 1. The number of nitrogens with one attached hydrogen (secondary N) is 1. The van der Waals surface area contributed by atoms with Gasteiger partial charge in [-0.1, -0.05) is 0 Å². The molecule has 10 heteroatoms. The van der Waals surface area contributed by atoms with E-state index in [1.54, 1.807) is 22.9 Å². The molecule has 3 heterocycles. The number of ether oxygens (including phenoxy) is 1. The summed E-state index contributed by atoms with van der Waals surface area (Å²) in [5, 5.41) is 6.91. The van der Waals surface area contributed by atoms with Gasteiger partial charge in [0.1, 0.15) is 6.33 Å². The highest BCUT2D eigenvalue weighted by molar-refractivity contribution is 5.90. The average Bonchev–Trinajstić information content (AvgIpc) is 3.27. The minimum atomic E-state index is -0.145. The van der Waals surface area contributed by atoms with Gasteiger partial charge in [0.2, 0.25) is 5.82 Å². The second-order valence-electron chi connectivity index (χ2n) is 6.55. The summed E-state index contributed by atoms with van der Waals surface area (Å²) in [6, 6.07) is 5.67. The zero-order chi connectivity index (χ0) is 19.5. The molecular weight excluding hydrogens is 362 g/mol. The number of hydrogen-bond acceptors (Lipinski definition) is 7. The summed E-state index contributed by atoms with van der Waals surface area (Å²) in [5.74, 6) is 0.113. The minimum Gasteiger partial charge on any atom is -0.383 e. The monoisotopic (exact) mass is 383 g/mol. The number of carbonyl (C=O) groups is 1. The number of piperazine rings is 1. The Balaban J connectivity index is 1.48. The summed E-state index contributed by atoms with van der Waals surface area (Å²) in [4.78, 5) is 37.2. The molecule has 0 spiro atoms. The van der Waals surface area contributed by atoms with Gasteiger partial charge in [-0.2, -0.15) is 5.10 Å². The van der Waals surface area contributed by atoms with Crippen LogP contribution in [-0.2, 0) is 11.3 Å². The van der Waals surface area contributed by atoms with Gasteiger partial charge in [-0.3, -0.25) is 19.3 Å². The van der Waals surface area contributed by atoms with Crippen molar-refractivity contribution in [2.45, 2.75) is 6.54 Å². The van der Waals surface area contributed by atoms with Gasteiger partial charge in [0.15, 0.2) is 0 Å². The topological polar surface area (TPSA) is 109 Å². The quantitative estimate of drug-likeness (QED) is 0.667. The van der Waals surface area contributed by atoms with E-state index in [4.69, 9.17) is 4.74 Å². The Morgan fingerprint density at radius 3 is 2.75 bits per heavy atom. The number of benzene rings is 1. The lowest BCUT2D eigenvalue weighted by Gasteiger charge is -2.35. The molecule has 1 fully saturated rings. The molecule has 1 aromatic carbocycles. The van der Waals surface area contributed by atoms with E-state index in [9.17, 15) is 9.59 Å². The lowest BCUT2D eigenvalue weighted by atomic mass is 10.2. The zero-order valence-corrected chi connectivity index (χ0v) is 15.5. The van der Waals surface area contributed by atoms with Crippen LogP contribution in [0.5, 0.6) is 0 Å². The molecule has 1 aliphatic rings. The fourth-order valence-corrected chi connectivity index (χ4v) is 3.32. The second kappa shape index (κ2) is 7.77. The van der Waals surface area contributed by atoms with E-state index in [0.29, 0.717) is 50.2 Å². The van der Waals surface area contributed by atoms with Crippen LogP contribution in [0.3, 0.4) is 0 Å². The molecule has 0 bridgehead atoms. The maximum absolute atomic E-state index is 12.5. The Morgan fingerprint density at radius 2 is 2.04 bits per heavy atom. The van der Waals surface area contributed by atoms with E-state index < -0.39 is 0 Å². The highest BCUT2D eigenvalue weighted by atomic mass is 16.5. The Labute approximate surface area is 160 Å².